The number of nitrogens with one attached hydrogen (secondary N) is 1. The van der Waals surface area contributed by atoms with Gasteiger partial charge in [0.15, 0.2) is 0 Å². The van der Waals surface area contributed by atoms with E-state index in [-0.39, 0.29) is 12.1 Å². The molecule has 1 rings (SSSR count). The zero-order chi connectivity index (χ0) is 11.3. The van der Waals surface area contributed by atoms with Crippen LogP contribution in [0.2, 0.25) is 0 Å². The molecule has 2 atom stereocenters. The van der Waals surface area contributed by atoms with Crippen LogP contribution in [0.1, 0.15) is 31.9 Å². The van der Waals surface area contributed by atoms with Crippen molar-refractivity contribution in [3.05, 3.63) is 34.3 Å². The molecule has 0 radical (unpaired) electrons. The number of hydrogen-bond donors (Lipinski definition) is 2. The molecule has 2 nitrogen and oxygen atoms in total. The first-order valence-corrected chi connectivity index (χ1v) is 6.10. The summed E-state index contributed by atoms with van der Waals surface area (Å²) in [5.74, 6) is 0. The molecule has 0 bridgehead atoms. The molecular weight excluding hydrogens is 254 g/mol. The van der Waals surface area contributed by atoms with Crippen LogP contribution in [0.5, 0.6) is 0 Å². The van der Waals surface area contributed by atoms with Crippen molar-refractivity contribution in [3.63, 3.8) is 0 Å². The minimum absolute atomic E-state index is 0.252. The Morgan fingerprint density at radius 3 is 2.67 bits per heavy atom. The summed E-state index contributed by atoms with van der Waals surface area (Å²) in [5.41, 5.74) is 1.22. The lowest BCUT2D eigenvalue weighted by Crippen LogP contribution is -2.28. The molecular formula is C12H18BrNO. The van der Waals surface area contributed by atoms with E-state index >= 15 is 0 Å². The van der Waals surface area contributed by atoms with Gasteiger partial charge in [-0.2, -0.15) is 0 Å². The average Bonchev–Trinajstić information content (AvgIpc) is 2.26. The van der Waals surface area contributed by atoms with Crippen LogP contribution in [0.15, 0.2) is 28.7 Å². The second-order valence-corrected chi connectivity index (χ2v) is 4.57. The third-order valence-electron chi connectivity index (χ3n) is 2.50. The molecule has 0 heterocycles. The number of benzene rings is 1. The summed E-state index contributed by atoms with van der Waals surface area (Å²) in [6.45, 7) is 4.72. The number of hydrogen-bond acceptors (Lipinski definition) is 2. The molecule has 0 aliphatic heterocycles. The molecule has 0 saturated carbocycles. The molecule has 84 valence electrons. The van der Waals surface area contributed by atoms with Crippen molar-refractivity contribution < 1.29 is 5.11 Å². The first-order chi connectivity index (χ1) is 7.15. The normalized spacial score (nSPS) is 14.9. The highest BCUT2D eigenvalue weighted by molar-refractivity contribution is 9.10. The maximum Gasteiger partial charge on any atom is 0.0662 e. The topological polar surface area (TPSA) is 32.3 Å². The highest BCUT2D eigenvalue weighted by atomic mass is 79.9. The maximum absolute atomic E-state index is 9.45. The fraction of sp³-hybridized carbons (Fsp3) is 0.500. The Morgan fingerprint density at radius 1 is 1.40 bits per heavy atom. The molecule has 1 aromatic carbocycles. The quantitative estimate of drug-likeness (QED) is 0.863. The number of aliphatic hydroxyl groups is 1. The van der Waals surface area contributed by atoms with Gasteiger partial charge in [0.05, 0.1) is 6.10 Å². The summed E-state index contributed by atoms with van der Waals surface area (Å²) in [5, 5.41) is 12.8. The third kappa shape index (κ3) is 3.93. The van der Waals surface area contributed by atoms with Crippen LogP contribution in [0, 0.1) is 0 Å². The monoisotopic (exact) mass is 271 g/mol. The van der Waals surface area contributed by atoms with E-state index in [0.717, 1.165) is 10.9 Å². The van der Waals surface area contributed by atoms with Gasteiger partial charge in [-0.25, -0.2) is 0 Å². The molecule has 1 unspecified atom stereocenters. The molecule has 2 N–H and O–H groups in total. The second-order valence-electron chi connectivity index (χ2n) is 3.71. The van der Waals surface area contributed by atoms with Crippen LogP contribution < -0.4 is 5.32 Å². The fourth-order valence-electron chi connectivity index (χ4n) is 1.39. The fourth-order valence-corrected chi connectivity index (χ4v) is 2.02. The summed E-state index contributed by atoms with van der Waals surface area (Å²) < 4.78 is 1.11. The Hall–Kier alpha value is -0.380. The zero-order valence-electron chi connectivity index (χ0n) is 9.20. The van der Waals surface area contributed by atoms with Crippen molar-refractivity contribution in [1.82, 2.24) is 5.32 Å². The van der Waals surface area contributed by atoms with Crippen molar-refractivity contribution in [2.24, 2.45) is 0 Å². The maximum atomic E-state index is 9.45. The predicted molar refractivity (Wildman–Crippen MR) is 66.9 cm³/mol. The molecule has 0 amide bonds. The van der Waals surface area contributed by atoms with Gasteiger partial charge in [-0.15, -0.1) is 0 Å². The first-order valence-electron chi connectivity index (χ1n) is 5.31. The summed E-state index contributed by atoms with van der Waals surface area (Å²) in [4.78, 5) is 0. The van der Waals surface area contributed by atoms with Gasteiger partial charge in [-0.05, 0) is 25.0 Å². The van der Waals surface area contributed by atoms with Gasteiger partial charge in [0.2, 0.25) is 0 Å². The van der Waals surface area contributed by atoms with E-state index in [1.54, 1.807) is 0 Å². The summed E-state index contributed by atoms with van der Waals surface area (Å²) in [6, 6.07) is 8.39. The van der Waals surface area contributed by atoms with Gasteiger partial charge in [0.25, 0.3) is 0 Å². The Balaban J connectivity index is 2.54. The lowest BCUT2D eigenvalue weighted by molar-refractivity contribution is 0.163. The number of aliphatic hydroxyl groups excluding tert-OH is 1. The lowest BCUT2D eigenvalue weighted by Gasteiger charge is -2.17. The van der Waals surface area contributed by atoms with E-state index in [9.17, 15) is 5.11 Å². The molecule has 3 heteroatoms. The van der Waals surface area contributed by atoms with Crippen LogP contribution in [0.3, 0.4) is 0 Å². The second kappa shape index (κ2) is 6.26. The Morgan fingerprint density at radius 2 is 2.07 bits per heavy atom. The van der Waals surface area contributed by atoms with Crippen molar-refractivity contribution in [2.45, 2.75) is 32.4 Å². The minimum atomic E-state index is -0.255. The molecule has 0 aliphatic carbocycles. The van der Waals surface area contributed by atoms with Crippen molar-refractivity contribution >= 4 is 15.9 Å². The molecule has 1 aromatic rings. The molecule has 15 heavy (non-hydrogen) atoms. The summed E-state index contributed by atoms with van der Waals surface area (Å²) in [7, 11) is 0. The largest absolute Gasteiger partial charge is 0.392 e. The molecule has 0 aromatic heterocycles. The van der Waals surface area contributed by atoms with Crippen molar-refractivity contribution in [3.8, 4) is 0 Å². The van der Waals surface area contributed by atoms with Crippen LogP contribution in [-0.2, 0) is 0 Å². The molecule has 0 spiro atoms. The Kier molecular flexibility index (Phi) is 5.29. The van der Waals surface area contributed by atoms with Gasteiger partial charge in [0, 0.05) is 17.1 Å². The van der Waals surface area contributed by atoms with E-state index in [1.807, 2.05) is 25.1 Å². The highest BCUT2D eigenvalue weighted by Gasteiger charge is 2.09. The smallest absolute Gasteiger partial charge is 0.0662 e. The van der Waals surface area contributed by atoms with Gasteiger partial charge in [-0.3, -0.25) is 0 Å². The summed E-state index contributed by atoms with van der Waals surface area (Å²) >= 11 is 3.52. The summed E-state index contributed by atoms with van der Waals surface area (Å²) in [6.07, 6.45) is 0.533. The zero-order valence-corrected chi connectivity index (χ0v) is 10.8. The van der Waals surface area contributed by atoms with E-state index in [2.05, 4.69) is 34.2 Å². The number of rotatable bonds is 5. The van der Waals surface area contributed by atoms with Crippen molar-refractivity contribution in [1.29, 1.82) is 0 Å². The third-order valence-corrected chi connectivity index (χ3v) is 3.22. The van der Waals surface area contributed by atoms with Gasteiger partial charge in [-0.1, -0.05) is 41.1 Å². The van der Waals surface area contributed by atoms with E-state index in [0.29, 0.717) is 6.54 Å². The van der Waals surface area contributed by atoms with Crippen LogP contribution in [-0.4, -0.2) is 17.8 Å². The van der Waals surface area contributed by atoms with Crippen LogP contribution in [0.25, 0.3) is 0 Å². The Labute approximate surface area is 99.8 Å². The molecule has 0 saturated heterocycles. The SMILES string of the molecule is CCC(O)CN[C@H](C)c1ccccc1Br. The van der Waals surface area contributed by atoms with Gasteiger partial charge in [0.1, 0.15) is 0 Å². The van der Waals surface area contributed by atoms with Crippen molar-refractivity contribution in [2.75, 3.05) is 6.54 Å². The predicted octanol–water partition coefficient (Wildman–Crippen LogP) is 2.87. The van der Waals surface area contributed by atoms with E-state index in [1.165, 1.54) is 5.56 Å². The Bertz CT molecular complexity index is 303. The van der Waals surface area contributed by atoms with Gasteiger partial charge < -0.3 is 10.4 Å². The standard InChI is InChI=1S/C12H18BrNO/c1-3-10(15)8-14-9(2)11-6-4-5-7-12(11)13/h4-7,9-10,14-15H,3,8H2,1-2H3/t9-,10?/m1/s1. The minimum Gasteiger partial charge on any atom is -0.392 e. The first kappa shape index (κ1) is 12.7. The molecule has 0 fully saturated rings. The average molecular weight is 272 g/mol. The molecule has 0 aliphatic rings. The van der Waals surface area contributed by atoms with E-state index < -0.39 is 0 Å². The highest BCUT2D eigenvalue weighted by Crippen LogP contribution is 2.22. The lowest BCUT2D eigenvalue weighted by atomic mass is 10.1. The van der Waals surface area contributed by atoms with Gasteiger partial charge >= 0.3 is 0 Å². The van der Waals surface area contributed by atoms with Crippen LogP contribution in [0.4, 0.5) is 0 Å². The van der Waals surface area contributed by atoms with Crippen LogP contribution >= 0.6 is 15.9 Å². The number of halogens is 1. The van der Waals surface area contributed by atoms with E-state index in [4.69, 9.17) is 0 Å².